The Morgan fingerprint density at radius 1 is 1.47 bits per heavy atom. The number of nitriles is 1. The number of rotatable bonds is 3. The summed E-state index contributed by atoms with van der Waals surface area (Å²) in [6, 6.07) is 2.69. The van der Waals surface area contributed by atoms with E-state index < -0.39 is 0 Å². The van der Waals surface area contributed by atoms with Crippen LogP contribution in [0.2, 0.25) is 0 Å². The van der Waals surface area contributed by atoms with Gasteiger partial charge in [-0.1, -0.05) is 13.8 Å². The largest absolute Gasteiger partial charge is 0.301 e. The SMILES string of the molecule is CN(CC(Cl)C#N)C1CCC(C)(C)CC1. The van der Waals surface area contributed by atoms with Crippen molar-refractivity contribution in [2.45, 2.75) is 50.9 Å². The summed E-state index contributed by atoms with van der Waals surface area (Å²) in [4.78, 5) is 2.25. The summed E-state index contributed by atoms with van der Waals surface area (Å²) in [5.74, 6) is 0. The molecule has 15 heavy (non-hydrogen) atoms. The van der Waals surface area contributed by atoms with E-state index >= 15 is 0 Å². The predicted molar refractivity (Wildman–Crippen MR) is 63.9 cm³/mol. The smallest absolute Gasteiger partial charge is 0.133 e. The third-order valence-electron chi connectivity index (χ3n) is 3.52. The summed E-state index contributed by atoms with van der Waals surface area (Å²) in [5, 5.41) is 8.29. The maximum atomic E-state index is 8.66. The zero-order valence-corrected chi connectivity index (χ0v) is 10.7. The van der Waals surface area contributed by atoms with Gasteiger partial charge in [0.15, 0.2) is 0 Å². The maximum Gasteiger partial charge on any atom is 0.133 e. The van der Waals surface area contributed by atoms with Crippen LogP contribution in [0.4, 0.5) is 0 Å². The summed E-state index contributed by atoms with van der Waals surface area (Å²) in [7, 11) is 2.08. The molecule has 3 heteroatoms. The Morgan fingerprint density at radius 2 is 2.00 bits per heavy atom. The van der Waals surface area contributed by atoms with E-state index in [1.54, 1.807) is 0 Å². The molecule has 1 unspecified atom stereocenters. The highest BCUT2D eigenvalue weighted by Gasteiger charge is 2.29. The Bertz CT molecular complexity index is 234. The van der Waals surface area contributed by atoms with Crippen LogP contribution in [0, 0.1) is 16.7 Å². The first-order chi connectivity index (χ1) is 6.94. The van der Waals surface area contributed by atoms with Gasteiger partial charge in [0.05, 0.1) is 6.07 Å². The molecule has 1 rings (SSSR count). The fourth-order valence-electron chi connectivity index (χ4n) is 2.27. The molecule has 1 aliphatic rings. The number of nitrogens with zero attached hydrogens (tertiary/aromatic N) is 2. The van der Waals surface area contributed by atoms with Crippen LogP contribution in [0.25, 0.3) is 0 Å². The standard InChI is InChI=1S/C12H21ClN2/c1-12(2)6-4-11(5-7-12)15(3)9-10(13)8-14/h10-11H,4-7,9H2,1-3H3. The van der Waals surface area contributed by atoms with E-state index in [9.17, 15) is 0 Å². The third-order valence-corrected chi connectivity index (χ3v) is 3.76. The van der Waals surface area contributed by atoms with Crippen molar-refractivity contribution in [2.24, 2.45) is 5.41 Å². The van der Waals surface area contributed by atoms with Gasteiger partial charge in [-0.05, 0) is 38.1 Å². The van der Waals surface area contributed by atoms with Crippen LogP contribution in [-0.4, -0.2) is 29.9 Å². The fraction of sp³-hybridized carbons (Fsp3) is 0.917. The van der Waals surface area contributed by atoms with Crippen LogP contribution < -0.4 is 0 Å². The topological polar surface area (TPSA) is 27.0 Å². The van der Waals surface area contributed by atoms with E-state index in [0.717, 1.165) is 0 Å². The van der Waals surface area contributed by atoms with E-state index in [1.165, 1.54) is 25.7 Å². The highest BCUT2D eigenvalue weighted by Crippen LogP contribution is 2.36. The van der Waals surface area contributed by atoms with Gasteiger partial charge in [-0.25, -0.2) is 0 Å². The summed E-state index contributed by atoms with van der Waals surface area (Å²) in [6.07, 6.45) is 5.03. The van der Waals surface area contributed by atoms with Gasteiger partial charge in [-0.2, -0.15) is 5.26 Å². The summed E-state index contributed by atoms with van der Waals surface area (Å²) < 4.78 is 0. The van der Waals surface area contributed by atoms with E-state index in [-0.39, 0.29) is 5.38 Å². The normalized spacial score (nSPS) is 23.7. The molecule has 1 fully saturated rings. The molecule has 0 aromatic heterocycles. The Hall–Kier alpha value is -0.260. The van der Waals surface area contributed by atoms with Gasteiger partial charge in [0.1, 0.15) is 5.38 Å². The fourth-order valence-corrected chi connectivity index (χ4v) is 2.49. The van der Waals surface area contributed by atoms with Crippen molar-refractivity contribution >= 4 is 11.6 Å². The molecule has 0 saturated heterocycles. The molecule has 86 valence electrons. The van der Waals surface area contributed by atoms with E-state index in [4.69, 9.17) is 16.9 Å². The molecule has 0 bridgehead atoms. The predicted octanol–water partition coefficient (Wildman–Crippen LogP) is 3.02. The molecule has 0 radical (unpaired) electrons. The molecule has 0 aromatic rings. The highest BCUT2D eigenvalue weighted by molar-refractivity contribution is 6.22. The Kier molecular flexibility index (Phi) is 4.43. The van der Waals surface area contributed by atoms with Crippen LogP contribution in [0.5, 0.6) is 0 Å². The zero-order chi connectivity index (χ0) is 11.5. The molecule has 0 heterocycles. The van der Waals surface area contributed by atoms with E-state index in [2.05, 4.69) is 31.9 Å². The van der Waals surface area contributed by atoms with Crippen molar-refractivity contribution in [1.29, 1.82) is 5.26 Å². The van der Waals surface area contributed by atoms with Crippen molar-refractivity contribution in [1.82, 2.24) is 4.90 Å². The van der Waals surface area contributed by atoms with Crippen LogP contribution >= 0.6 is 11.6 Å². The minimum absolute atomic E-state index is 0.370. The quantitative estimate of drug-likeness (QED) is 0.695. The molecule has 0 amide bonds. The molecule has 0 aliphatic heterocycles. The first-order valence-corrected chi connectivity index (χ1v) is 6.12. The van der Waals surface area contributed by atoms with E-state index in [0.29, 0.717) is 18.0 Å². The van der Waals surface area contributed by atoms with Gasteiger partial charge in [-0.15, -0.1) is 11.6 Å². The van der Waals surface area contributed by atoms with E-state index in [1.807, 2.05) is 0 Å². The maximum absolute atomic E-state index is 8.66. The van der Waals surface area contributed by atoms with Gasteiger partial charge >= 0.3 is 0 Å². The minimum atomic E-state index is -0.370. The van der Waals surface area contributed by atoms with Crippen molar-refractivity contribution in [3.8, 4) is 6.07 Å². The second-order valence-corrected chi connectivity index (χ2v) is 5.96. The van der Waals surface area contributed by atoms with Crippen LogP contribution in [0.3, 0.4) is 0 Å². The first kappa shape index (κ1) is 12.8. The number of hydrogen-bond acceptors (Lipinski definition) is 2. The van der Waals surface area contributed by atoms with Gasteiger partial charge in [0.25, 0.3) is 0 Å². The lowest BCUT2D eigenvalue weighted by Gasteiger charge is -2.38. The Labute approximate surface area is 98.2 Å². The monoisotopic (exact) mass is 228 g/mol. The molecule has 1 aliphatic carbocycles. The van der Waals surface area contributed by atoms with Crippen LogP contribution in [0.15, 0.2) is 0 Å². The highest BCUT2D eigenvalue weighted by atomic mass is 35.5. The van der Waals surface area contributed by atoms with Crippen molar-refractivity contribution < 1.29 is 0 Å². The summed E-state index contributed by atoms with van der Waals surface area (Å²) in [6.45, 7) is 5.36. The Balaban J connectivity index is 2.37. The number of halogens is 1. The van der Waals surface area contributed by atoms with Crippen LogP contribution in [0.1, 0.15) is 39.5 Å². The molecule has 1 atom stereocenters. The third kappa shape index (κ3) is 4.01. The summed E-state index contributed by atoms with van der Waals surface area (Å²) in [5.41, 5.74) is 0.507. The Morgan fingerprint density at radius 3 is 2.47 bits per heavy atom. The van der Waals surface area contributed by atoms with Gasteiger partial charge in [-0.3, -0.25) is 0 Å². The number of hydrogen-bond donors (Lipinski definition) is 0. The minimum Gasteiger partial charge on any atom is -0.301 e. The van der Waals surface area contributed by atoms with Crippen molar-refractivity contribution in [2.75, 3.05) is 13.6 Å². The lowest BCUT2D eigenvalue weighted by atomic mass is 9.75. The molecular formula is C12H21ClN2. The average molecular weight is 229 g/mol. The summed E-state index contributed by atoms with van der Waals surface area (Å²) >= 11 is 5.83. The molecule has 0 N–H and O–H groups in total. The molecular weight excluding hydrogens is 208 g/mol. The molecule has 0 spiro atoms. The average Bonchev–Trinajstić information content (AvgIpc) is 2.17. The van der Waals surface area contributed by atoms with Gasteiger partial charge in [0, 0.05) is 12.6 Å². The molecule has 0 aromatic carbocycles. The number of alkyl halides is 1. The van der Waals surface area contributed by atoms with Gasteiger partial charge in [0.2, 0.25) is 0 Å². The van der Waals surface area contributed by atoms with Gasteiger partial charge < -0.3 is 4.90 Å². The van der Waals surface area contributed by atoms with Crippen LogP contribution in [-0.2, 0) is 0 Å². The van der Waals surface area contributed by atoms with Crippen molar-refractivity contribution in [3.63, 3.8) is 0 Å². The first-order valence-electron chi connectivity index (χ1n) is 5.68. The zero-order valence-electron chi connectivity index (χ0n) is 9.96. The van der Waals surface area contributed by atoms with Crippen molar-refractivity contribution in [3.05, 3.63) is 0 Å². The second kappa shape index (κ2) is 5.18. The lowest BCUT2D eigenvalue weighted by Crippen LogP contribution is -2.39. The second-order valence-electron chi connectivity index (χ2n) is 5.43. The molecule has 1 saturated carbocycles. The molecule has 2 nitrogen and oxygen atoms in total. The lowest BCUT2D eigenvalue weighted by molar-refractivity contribution is 0.130.